The summed E-state index contributed by atoms with van der Waals surface area (Å²) < 4.78 is 22.6. The molecule has 0 spiro atoms. The highest BCUT2D eigenvalue weighted by Gasteiger charge is 2.24. The van der Waals surface area contributed by atoms with Gasteiger partial charge in [-0.2, -0.15) is 0 Å². The fraction of sp³-hybridized carbons (Fsp3) is 0.400. The number of nitro benzene ring substituents is 1. The van der Waals surface area contributed by atoms with E-state index in [-0.39, 0.29) is 18.5 Å². The van der Waals surface area contributed by atoms with Gasteiger partial charge in [0.15, 0.2) is 0 Å². The molecule has 1 atom stereocenters. The lowest BCUT2D eigenvalue weighted by molar-refractivity contribution is -0.384. The summed E-state index contributed by atoms with van der Waals surface area (Å²) in [6.45, 7) is 2.00. The lowest BCUT2D eigenvalue weighted by Gasteiger charge is -2.17. The molecular weight excluding hydrogens is 325 g/mol. The summed E-state index contributed by atoms with van der Waals surface area (Å²) in [5, 5.41) is 11.0. The molecule has 8 heteroatoms. The van der Waals surface area contributed by atoms with E-state index in [1.807, 2.05) is 0 Å². The van der Waals surface area contributed by atoms with Crippen LogP contribution in [-0.4, -0.2) is 23.0 Å². The Morgan fingerprint density at radius 1 is 1.39 bits per heavy atom. The van der Waals surface area contributed by atoms with E-state index in [0.29, 0.717) is 11.1 Å². The number of nitro groups is 1. The standard InChI is InChI=1S/C10H13BrNO5P/c1-2-16-18(15,8-7-11)17-10-5-3-9(4-6-10)12(13)14/h3-6H,2,7-8H2,1H3/t18-/m1/s1. The quantitative estimate of drug-likeness (QED) is 0.328. The van der Waals surface area contributed by atoms with Crippen LogP contribution in [0.2, 0.25) is 0 Å². The molecular formula is C10H13BrNO5P. The van der Waals surface area contributed by atoms with Gasteiger partial charge in [-0.3, -0.25) is 10.1 Å². The number of halogens is 1. The van der Waals surface area contributed by atoms with E-state index in [1.165, 1.54) is 24.3 Å². The zero-order chi connectivity index (χ0) is 13.6. The van der Waals surface area contributed by atoms with Gasteiger partial charge in [0.2, 0.25) is 0 Å². The molecule has 0 amide bonds. The van der Waals surface area contributed by atoms with Crippen molar-refractivity contribution in [1.82, 2.24) is 0 Å². The summed E-state index contributed by atoms with van der Waals surface area (Å²) in [5.74, 6) is 0.290. The van der Waals surface area contributed by atoms with Crippen LogP contribution >= 0.6 is 23.5 Å². The van der Waals surface area contributed by atoms with E-state index >= 15 is 0 Å². The van der Waals surface area contributed by atoms with Crippen molar-refractivity contribution in [2.24, 2.45) is 0 Å². The molecule has 100 valence electrons. The Morgan fingerprint density at radius 2 is 2.00 bits per heavy atom. The maximum absolute atomic E-state index is 12.2. The van der Waals surface area contributed by atoms with Gasteiger partial charge >= 0.3 is 7.60 Å². The maximum atomic E-state index is 12.2. The molecule has 0 fully saturated rings. The van der Waals surface area contributed by atoms with Gasteiger partial charge in [0.05, 0.1) is 17.7 Å². The Balaban J connectivity index is 2.81. The smallest absolute Gasteiger partial charge is 0.380 e. The molecule has 0 aliphatic heterocycles. The van der Waals surface area contributed by atoms with Crippen LogP contribution in [0.15, 0.2) is 24.3 Å². The highest BCUT2D eigenvalue weighted by Crippen LogP contribution is 2.48. The molecule has 0 aliphatic carbocycles. The minimum absolute atomic E-state index is 0.0471. The van der Waals surface area contributed by atoms with Crippen LogP contribution in [-0.2, 0) is 9.09 Å². The van der Waals surface area contributed by atoms with Gasteiger partial charge in [0.25, 0.3) is 5.69 Å². The second-order valence-corrected chi connectivity index (χ2v) is 6.19. The largest absolute Gasteiger partial charge is 0.424 e. The van der Waals surface area contributed by atoms with Crippen molar-refractivity contribution in [3.8, 4) is 5.75 Å². The van der Waals surface area contributed by atoms with E-state index < -0.39 is 12.5 Å². The first-order valence-corrected chi connectivity index (χ1v) is 8.09. The summed E-state index contributed by atoms with van der Waals surface area (Å²) in [4.78, 5) is 9.97. The van der Waals surface area contributed by atoms with Crippen molar-refractivity contribution in [2.45, 2.75) is 6.92 Å². The zero-order valence-electron chi connectivity index (χ0n) is 9.74. The number of hydrogen-bond donors (Lipinski definition) is 0. The van der Waals surface area contributed by atoms with Gasteiger partial charge in [0, 0.05) is 17.5 Å². The van der Waals surface area contributed by atoms with Crippen LogP contribution < -0.4 is 4.52 Å². The normalized spacial score (nSPS) is 13.9. The van der Waals surface area contributed by atoms with E-state index in [9.17, 15) is 14.7 Å². The second-order valence-electron chi connectivity index (χ2n) is 3.28. The summed E-state index contributed by atoms with van der Waals surface area (Å²) in [6, 6.07) is 5.38. The number of non-ortho nitro benzene ring substituents is 1. The van der Waals surface area contributed by atoms with Gasteiger partial charge < -0.3 is 9.05 Å². The van der Waals surface area contributed by atoms with Gasteiger partial charge in [-0.05, 0) is 19.1 Å². The number of alkyl halides is 1. The molecule has 0 heterocycles. The minimum Gasteiger partial charge on any atom is -0.424 e. The van der Waals surface area contributed by atoms with E-state index in [0.717, 1.165) is 0 Å². The third kappa shape index (κ3) is 4.40. The zero-order valence-corrected chi connectivity index (χ0v) is 12.2. The first-order valence-electron chi connectivity index (χ1n) is 5.24. The minimum atomic E-state index is -3.20. The Bertz CT molecular complexity index is 440. The van der Waals surface area contributed by atoms with Gasteiger partial charge in [-0.15, -0.1) is 0 Å². The van der Waals surface area contributed by atoms with Gasteiger partial charge in [-0.1, -0.05) is 15.9 Å². The Hall–Kier alpha value is -0.910. The first kappa shape index (κ1) is 15.1. The molecule has 0 saturated carbocycles. The summed E-state index contributed by atoms with van der Waals surface area (Å²) in [5.41, 5.74) is -0.0471. The third-order valence-corrected chi connectivity index (χ3v) is 4.90. The van der Waals surface area contributed by atoms with Crippen molar-refractivity contribution in [3.05, 3.63) is 34.4 Å². The highest BCUT2D eigenvalue weighted by molar-refractivity contribution is 9.09. The van der Waals surface area contributed by atoms with Crippen molar-refractivity contribution in [2.75, 3.05) is 18.1 Å². The predicted molar refractivity (Wildman–Crippen MR) is 71.6 cm³/mol. The van der Waals surface area contributed by atoms with Crippen LogP contribution in [0, 0.1) is 10.1 Å². The number of benzene rings is 1. The molecule has 0 radical (unpaired) electrons. The average molecular weight is 338 g/mol. The van der Waals surface area contributed by atoms with E-state index in [1.54, 1.807) is 6.92 Å². The molecule has 0 unspecified atom stereocenters. The van der Waals surface area contributed by atoms with E-state index in [4.69, 9.17) is 9.05 Å². The van der Waals surface area contributed by atoms with Crippen LogP contribution in [0.5, 0.6) is 5.75 Å². The number of nitrogens with zero attached hydrogens (tertiary/aromatic N) is 1. The Labute approximate surface area is 113 Å². The van der Waals surface area contributed by atoms with Crippen LogP contribution in [0.1, 0.15) is 6.92 Å². The molecule has 1 aromatic rings. The molecule has 0 aromatic heterocycles. The molecule has 0 bridgehead atoms. The van der Waals surface area contributed by atoms with Crippen molar-refractivity contribution in [3.63, 3.8) is 0 Å². The lowest BCUT2D eigenvalue weighted by atomic mass is 10.3. The fourth-order valence-electron chi connectivity index (χ4n) is 1.23. The fourth-order valence-corrected chi connectivity index (χ4v) is 3.85. The molecule has 1 rings (SSSR count). The second kappa shape index (κ2) is 6.87. The van der Waals surface area contributed by atoms with Gasteiger partial charge in [0.1, 0.15) is 5.75 Å². The van der Waals surface area contributed by atoms with Crippen LogP contribution in [0.25, 0.3) is 0 Å². The number of hydrogen-bond acceptors (Lipinski definition) is 5. The predicted octanol–water partition coefficient (Wildman–Crippen LogP) is 3.60. The summed E-state index contributed by atoms with van der Waals surface area (Å²) in [7, 11) is -3.20. The number of rotatable bonds is 7. The molecule has 18 heavy (non-hydrogen) atoms. The van der Waals surface area contributed by atoms with Crippen LogP contribution in [0.4, 0.5) is 5.69 Å². The Morgan fingerprint density at radius 3 is 2.44 bits per heavy atom. The third-order valence-electron chi connectivity index (χ3n) is 1.98. The average Bonchev–Trinajstić information content (AvgIpc) is 2.30. The monoisotopic (exact) mass is 337 g/mol. The van der Waals surface area contributed by atoms with E-state index in [2.05, 4.69) is 15.9 Å². The summed E-state index contributed by atoms with van der Waals surface area (Å²) in [6.07, 6.45) is 0.234. The molecule has 1 aromatic carbocycles. The molecule has 0 aliphatic rings. The lowest BCUT2D eigenvalue weighted by Crippen LogP contribution is -2.03. The topological polar surface area (TPSA) is 78.7 Å². The van der Waals surface area contributed by atoms with Crippen LogP contribution in [0.3, 0.4) is 0 Å². The molecule has 0 N–H and O–H groups in total. The summed E-state index contributed by atoms with van der Waals surface area (Å²) >= 11 is 3.18. The SMILES string of the molecule is CCO[P@](=O)(CCBr)Oc1ccc([N+](=O)[O-])cc1. The van der Waals surface area contributed by atoms with Crippen molar-refractivity contribution in [1.29, 1.82) is 0 Å². The highest BCUT2D eigenvalue weighted by atomic mass is 79.9. The maximum Gasteiger partial charge on any atom is 0.380 e. The Kier molecular flexibility index (Phi) is 5.78. The van der Waals surface area contributed by atoms with Gasteiger partial charge in [-0.25, -0.2) is 4.57 Å². The first-order chi connectivity index (χ1) is 8.50. The molecule has 0 saturated heterocycles. The van der Waals surface area contributed by atoms with Crippen molar-refractivity contribution < 1.29 is 18.5 Å². The van der Waals surface area contributed by atoms with Crippen molar-refractivity contribution >= 4 is 29.2 Å². The molecule has 6 nitrogen and oxygen atoms in total.